The van der Waals surface area contributed by atoms with Gasteiger partial charge in [-0.25, -0.2) is 0 Å². The molecule has 0 radical (unpaired) electrons. The number of aromatic amines is 1. The molecule has 1 aromatic heterocycles. The predicted molar refractivity (Wildman–Crippen MR) is 95.5 cm³/mol. The first-order valence-corrected chi connectivity index (χ1v) is 9.38. The highest BCUT2D eigenvalue weighted by Crippen LogP contribution is 2.40. The SMILES string of the molecule is CCCCC1(CC)CSc2c[nH]cc2C(c2ccccc2)N1. The van der Waals surface area contributed by atoms with E-state index < -0.39 is 0 Å². The second-order valence-corrected chi connectivity index (χ2v) is 7.31. The van der Waals surface area contributed by atoms with Gasteiger partial charge in [0.1, 0.15) is 0 Å². The summed E-state index contributed by atoms with van der Waals surface area (Å²) in [5.74, 6) is 1.15. The fourth-order valence-corrected chi connectivity index (χ4v) is 4.66. The fourth-order valence-electron chi connectivity index (χ4n) is 3.30. The van der Waals surface area contributed by atoms with Crippen molar-refractivity contribution >= 4 is 11.8 Å². The lowest BCUT2D eigenvalue weighted by Crippen LogP contribution is -2.48. The Morgan fingerprint density at radius 1 is 1.18 bits per heavy atom. The van der Waals surface area contributed by atoms with Crippen LogP contribution in [-0.4, -0.2) is 16.3 Å². The van der Waals surface area contributed by atoms with Crippen molar-refractivity contribution in [1.82, 2.24) is 10.3 Å². The summed E-state index contributed by atoms with van der Waals surface area (Å²) in [5.41, 5.74) is 2.98. The number of hydrogen-bond acceptors (Lipinski definition) is 2. The topological polar surface area (TPSA) is 27.8 Å². The number of unbranched alkanes of at least 4 members (excludes halogenated alkanes) is 1. The van der Waals surface area contributed by atoms with Gasteiger partial charge in [-0.3, -0.25) is 5.32 Å². The molecular weight excluding hydrogens is 288 g/mol. The third-order valence-electron chi connectivity index (χ3n) is 4.82. The van der Waals surface area contributed by atoms with Gasteiger partial charge in [0.15, 0.2) is 0 Å². The van der Waals surface area contributed by atoms with Crippen LogP contribution in [-0.2, 0) is 0 Å². The molecule has 0 saturated carbocycles. The van der Waals surface area contributed by atoms with Crippen molar-refractivity contribution in [2.45, 2.75) is 56.0 Å². The van der Waals surface area contributed by atoms with Gasteiger partial charge in [-0.2, -0.15) is 0 Å². The van der Waals surface area contributed by atoms with E-state index in [0.717, 1.165) is 5.75 Å². The molecule has 0 bridgehead atoms. The van der Waals surface area contributed by atoms with Gasteiger partial charge in [0.05, 0.1) is 6.04 Å². The number of H-pyrrole nitrogens is 1. The zero-order chi connectivity index (χ0) is 15.4. The molecule has 118 valence electrons. The minimum Gasteiger partial charge on any atom is -0.366 e. The van der Waals surface area contributed by atoms with Crippen molar-refractivity contribution in [2.75, 3.05) is 5.75 Å². The Bertz CT molecular complexity index is 592. The van der Waals surface area contributed by atoms with E-state index in [4.69, 9.17) is 0 Å². The first kappa shape index (κ1) is 15.7. The van der Waals surface area contributed by atoms with Gasteiger partial charge in [-0.1, -0.05) is 57.0 Å². The van der Waals surface area contributed by atoms with Crippen LogP contribution in [0.4, 0.5) is 0 Å². The van der Waals surface area contributed by atoms with Gasteiger partial charge in [0.2, 0.25) is 0 Å². The lowest BCUT2D eigenvalue weighted by atomic mass is 9.88. The molecule has 0 spiro atoms. The molecule has 2 N–H and O–H groups in total. The standard InChI is InChI=1S/C19H26N2S/c1-3-5-11-19(4-2)14-22-17-13-20-12-16(17)18(21-19)15-9-7-6-8-10-15/h6-10,12-13,18,20-21H,3-5,11,14H2,1-2H3. The van der Waals surface area contributed by atoms with Crippen molar-refractivity contribution in [3.63, 3.8) is 0 Å². The van der Waals surface area contributed by atoms with Crippen LogP contribution in [0, 0.1) is 0 Å². The minimum atomic E-state index is 0.229. The Morgan fingerprint density at radius 2 is 2.00 bits per heavy atom. The summed E-state index contributed by atoms with van der Waals surface area (Å²) in [7, 11) is 0. The smallest absolute Gasteiger partial charge is 0.0607 e. The molecule has 2 unspecified atom stereocenters. The normalized spacial score (nSPS) is 24.7. The summed E-state index contributed by atoms with van der Waals surface area (Å²) in [6, 6.07) is 11.1. The van der Waals surface area contributed by atoms with E-state index in [2.05, 4.69) is 66.9 Å². The maximum Gasteiger partial charge on any atom is 0.0607 e. The van der Waals surface area contributed by atoms with Crippen molar-refractivity contribution in [3.8, 4) is 0 Å². The largest absolute Gasteiger partial charge is 0.366 e. The average Bonchev–Trinajstić information content (AvgIpc) is 2.98. The molecular formula is C19H26N2S. The molecule has 2 heterocycles. The number of hydrogen-bond donors (Lipinski definition) is 2. The minimum absolute atomic E-state index is 0.229. The highest BCUT2D eigenvalue weighted by molar-refractivity contribution is 7.99. The van der Waals surface area contributed by atoms with Crippen LogP contribution in [0.2, 0.25) is 0 Å². The van der Waals surface area contributed by atoms with Crippen molar-refractivity contribution in [2.24, 2.45) is 0 Å². The third kappa shape index (κ3) is 3.11. The summed E-state index contributed by atoms with van der Waals surface area (Å²) in [6.07, 6.45) is 9.31. The summed E-state index contributed by atoms with van der Waals surface area (Å²) in [4.78, 5) is 4.69. The highest BCUT2D eigenvalue weighted by atomic mass is 32.2. The summed E-state index contributed by atoms with van der Waals surface area (Å²) in [6.45, 7) is 4.61. The van der Waals surface area contributed by atoms with Crippen LogP contribution in [0.25, 0.3) is 0 Å². The fraction of sp³-hybridized carbons (Fsp3) is 0.474. The van der Waals surface area contributed by atoms with Crippen molar-refractivity contribution in [3.05, 3.63) is 53.9 Å². The van der Waals surface area contributed by atoms with Crippen LogP contribution >= 0.6 is 11.8 Å². The Morgan fingerprint density at radius 3 is 2.73 bits per heavy atom. The van der Waals surface area contributed by atoms with Gasteiger partial charge in [-0.05, 0) is 18.4 Å². The van der Waals surface area contributed by atoms with Gasteiger partial charge in [-0.15, -0.1) is 11.8 Å². The van der Waals surface area contributed by atoms with E-state index in [1.54, 1.807) is 0 Å². The molecule has 2 aromatic rings. The molecule has 2 atom stereocenters. The number of rotatable bonds is 5. The molecule has 2 nitrogen and oxygen atoms in total. The van der Waals surface area contributed by atoms with Crippen molar-refractivity contribution < 1.29 is 0 Å². The molecule has 3 heteroatoms. The number of thioether (sulfide) groups is 1. The highest BCUT2D eigenvalue weighted by Gasteiger charge is 2.35. The zero-order valence-corrected chi connectivity index (χ0v) is 14.4. The molecule has 3 rings (SSSR count). The molecule has 0 fully saturated rings. The van der Waals surface area contributed by atoms with Gasteiger partial charge in [0, 0.05) is 34.1 Å². The van der Waals surface area contributed by atoms with Crippen LogP contribution in [0.5, 0.6) is 0 Å². The lowest BCUT2D eigenvalue weighted by Gasteiger charge is -2.36. The lowest BCUT2D eigenvalue weighted by molar-refractivity contribution is 0.298. The summed E-state index contributed by atoms with van der Waals surface area (Å²) < 4.78 is 0. The zero-order valence-electron chi connectivity index (χ0n) is 13.6. The van der Waals surface area contributed by atoms with E-state index >= 15 is 0 Å². The van der Waals surface area contributed by atoms with Crippen molar-refractivity contribution in [1.29, 1.82) is 0 Å². The molecule has 1 aliphatic heterocycles. The van der Waals surface area contributed by atoms with Crippen LogP contribution in [0.3, 0.4) is 0 Å². The van der Waals surface area contributed by atoms with E-state index in [1.165, 1.54) is 41.7 Å². The van der Waals surface area contributed by atoms with Crippen LogP contribution < -0.4 is 5.32 Å². The van der Waals surface area contributed by atoms with Gasteiger partial charge >= 0.3 is 0 Å². The number of nitrogens with one attached hydrogen (secondary N) is 2. The predicted octanol–water partition coefficient (Wildman–Crippen LogP) is 5.14. The maximum absolute atomic E-state index is 4.03. The molecule has 1 aliphatic rings. The molecule has 0 aliphatic carbocycles. The van der Waals surface area contributed by atoms with E-state index in [9.17, 15) is 0 Å². The first-order chi connectivity index (χ1) is 10.8. The van der Waals surface area contributed by atoms with Gasteiger partial charge in [0.25, 0.3) is 0 Å². The number of fused-ring (bicyclic) bond motifs is 1. The van der Waals surface area contributed by atoms with E-state index in [-0.39, 0.29) is 11.6 Å². The van der Waals surface area contributed by atoms with Gasteiger partial charge < -0.3 is 4.98 Å². The monoisotopic (exact) mass is 314 g/mol. The summed E-state index contributed by atoms with van der Waals surface area (Å²) in [5, 5.41) is 4.03. The van der Waals surface area contributed by atoms with E-state index in [0.29, 0.717) is 0 Å². The Kier molecular flexibility index (Phi) is 4.94. The Balaban J connectivity index is 1.97. The molecule has 22 heavy (non-hydrogen) atoms. The van der Waals surface area contributed by atoms with Crippen LogP contribution in [0.1, 0.15) is 56.7 Å². The number of benzene rings is 1. The molecule has 0 saturated heterocycles. The number of aromatic nitrogens is 1. The summed E-state index contributed by atoms with van der Waals surface area (Å²) >= 11 is 2.00. The third-order valence-corrected chi connectivity index (χ3v) is 6.18. The Hall–Kier alpha value is -1.19. The Labute approximate surface area is 138 Å². The quantitative estimate of drug-likeness (QED) is 0.800. The van der Waals surface area contributed by atoms with Crippen LogP contribution in [0.15, 0.2) is 47.6 Å². The second kappa shape index (κ2) is 6.93. The maximum atomic E-state index is 4.03. The second-order valence-electron chi connectivity index (χ2n) is 6.29. The average molecular weight is 314 g/mol. The van der Waals surface area contributed by atoms with E-state index in [1.807, 2.05) is 11.8 Å². The molecule has 0 amide bonds. The first-order valence-electron chi connectivity index (χ1n) is 8.40. The molecule has 1 aromatic carbocycles.